The van der Waals surface area contributed by atoms with Crippen molar-refractivity contribution in [3.8, 4) is 0 Å². The van der Waals surface area contributed by atoms with E-state index in [0.29, 0.717) is 18.1 Å². The maximum atomic E-state index is 9.11. The Balaban J connectivity index is 2.20. The summed E-state index contributed by atoms with van der Waals surface area (Å²) in [5.41, 5.74) is 3.79. The van der Waals surface area contributed by atoms with E-state index >= 15 is 0 Å². The molecule has 1 fully saturated rings. The molecule has 0 unspecified atom stereocenters. The molecule has 21 heavy (non-hydrogen) atoms. The number of rotatable bonds is 3. The van der Waals surface area contributed by atoms with Gasteiger partial charge in [0.05, 0.1) is 18.3 Å². The van der Waals surface area contributed by atoms with Crippen LogP contribution in [-0.2, 0) is 6.54 Å². The van der Waals surface area contributed by atoms with Gasteiger partial charge in [-0.3, -0.25) is 5.41 Å². The molecule has 0 aliphatic heterocycles. The highest BCUT2D eigenvalue weighted by molar-refractivity contribution is 5.80. The number of nitrogens with zero attached hydrogens (tertiary/aromatic N) is 3. The van der Waals surface area contributed by atoms with Crippen molar-refractivity contribution < 1.29 is 5.11 Å². The molecule has 0 bridgehead atoms. The quantitative estimate of drug-likeness (QED) is 0.911. The van der Waals surface area contributed by atoms with Crippen molar-refractivity contribution in [1.29, 1.82) is 5.41 Å². The fourth-order valence-corrected chi connectivity index (χ4v) is 3.61. The zero-order valence-electron chi connectivity index (χ0n) is 12.9. The summed E-state index contributed by atoms with van der Waals surface area (Å²) < 4.78 is 4.07. The van der Waals surface area contributed by atoms with Gasteiger partial charge in [0.2, 0.25) is 0 Å². The van der Waals surface area contributed by atoms with Crippen molar-refractivity contribution in [1.82, 2.24) is 14.1 Å². The van der Waals surface area contributed by atoms with Crippen LogP contribution in [0, 0.1) is 19.3 Å². The second-order valence-electron chi connectivity index (χ2n) is 6.08. The van der Waals surface area contributed by atoms with E-state index in [2.05, 4.69) is 23.4 Å². The van der Waals surface area contributed by atoms with Crippen molar-refractivity contribution in [2.24, 2.45) is 0 Å². The van der Waals surface area contributed by atoms with Crippen LogP contribution in [0.25, 0.3) is 11.0 Å². The third-order valence-electron chi connectivity index (χ3n) is 4.86. The molecule has 0 saturated heterocycles. The number of aryl methyl sites for hydroxylation is 1. The van der Waals surface area contributed by atoms with Crippen molar-refractivity contribution >= 4 is 11.0 Å². The molecule has 0 aromatic carbocycles. The lowest BCUT2D eigenvalue weighted by molar-refractivity contribution is 0.273. The number of nitrogens with one attached hydrogen (secondary N) is 1. The number of aliphatic hydroxyl groups is 1. The van der Waals surface area contributed by atoms with E-state index in [4.69, 9.17) is 10.5 Å². The average Bonchev–Trinajstić information content (AvgIpc) is 2.75. The van der Waals surface area contributed by atoms with E-state index in [1.165, 1.54) is 37.8 Å². The lowest BCUT2D eigenvalue weighted by Crippen LogP contribution is -2.23. The Morgan fingerprint density at radius 2 is 2.00 bits per heavy atom. The van der Waals surface area contributed by atoms with Crippen LogP contribution in [-0.4, -0.2) is 25.8 Å². The van der Waals surface area contributed by atoms with Crippen LogP contribution in [0.2, 0.25) is 0 Å². The molecule has 5 heteroatoms. The standard InChI is InChI=1S/C16H24N4O/c1-11-12(2)20(13-6-4-3-5-7-13)16-14(11)15(17)19(8-9-21)10-18-16/h10,13,17,21H,3-9H2,1-2H3. The van der Waals surface area contributed by atoms with Gasteiger partial charge in [-0.2, -0.15) is 0 Å². The molecule has 3 rings (SSSR count). The van der Waals surface area contributed by atoms with Crippen LogP contribution in [0.4, 0.5) is 0 Å². The van der Waals surface area contributed by atoms with Gasteiger partial charge in [-0.15, -0.1) is 0 Å². The summed E-state index contributed by atoms with van der Waals surface area (Å²) in [6, 6.07) is 0.524. The van der Waals surface area contributed by atoms with Crippen LogP contribution in [0.1, 0.15) is 49.4 Å². The van der Waals surface area contributed by atoms with Gasteiger partial charge in [-0.05, 0) is 32.3 Å². The lowest BCUT2D eigenvalue weighted by Gasteiger charge is -2.25. The Morgan fingerprint density at radius 1 is 1.29 bits per heavy atom. The first-order chi connectivity index (χ1) is 10.1. The van der Waals surface area contributed by atoms with E-state index in [0.717, 1.165) is 16.6 Å². The topological polar surface area (TPSA) is 66.8 Å². The van der Waals surface area contributed by atoms with Crippen LogP contribution in [0.3, 0.4) is 0 Å². The van der Waals surface area contributed by atoms with E-state index in [-0.39, 0.29) is 6.61 Å². The lowest BCUT2D eigenvalue weighted by atomic mass is 9.95. The molecule has 0 radical (unpaired) electrons. The predicted octanol–water partition coefficient (Wildman–Crippen LogP) is 2.43. The van der Waals surface area contributed by atoms with Gasteiger partial charge in [0, 0.05) is 18.3 Å². The molecule has 2 heterocycles. The number of aromatic nitrogens is 3. The van der Waals surface area contributed by atoms with Crippen molar-refractivity contribution in [3.63, 3.8) is 0 Å². The molecule has 2 aromatic heterocycles. The maximum Gasteiger partial charge on any atom is 0.146 e. The number of hydrogen-bond acceptors (Lipinski definition) is 3. The summed E-state index contributed by atoms with van der Waals surface area (Å²) in [6.45, 7) is 4.68. The molecule has 1 saturated carbocycles. The van der Waals surface area contributed by atoms with Gasteiger partial charge >= 0.3 is 0 Å². The van der Waals surface area contributed by atoms with Gasteiger partial charge < -0.3 is 14.2 Å². The van der Waals surface area contributed by atoms with E-state index in [1.807, 2.05) is 0 Å². The minimum atomic E-state index is 0.0328. The molecule has 0 amide bonds. The van der Waals surface area contributed by atoms with E-state index < -0.39 is 0 Å². The van der Waals surface area contributed by atoms with Gasteiger partial charge in [0.1, 0.15) is 11.1 Å². The monoisotopic (exact) mass is 288 g/mol. The third kappa shape index (κ3) is 2.29. The highest BCUT2D eigenvalue weighted by Gasteiger charge is 2.22. The minimum Gasteiger partial charge on any atom is -0.395 e. The summed E-state index contributed by atoms with van der Waals surface area (Å²) >= 11 is 0. The van der Waals surface area contributed by atoms with E-state index in [9.17, 15) is 0 Å². The molecule has 2 N–H and O–H groups in total. The summed E-state index contributed by atoms with van der Waals surface area (Å²) in [7, 11) is 0. The second kappa shape index (κ2) is 5.64. The van der Waals surface area contributed by atoms with E-state index in [1.54, 1.807) is 10.9 Å². The molecule has 1 aliphatic carbocycles. The summed E-state index contributed by atoms with van der Waals surface area (Å²) in [5, 5.41) is 18.5. The number of aliphatic hydroxyl groups excluding tert-OH is 1. The predicted molar refractivity (Wildman–Crippen MR) is 82.3 cm³/mol. The van der Waals surface area contributed by atoms with Crippen LogP contribution in [0.5, 0.6) is 0 Å². The van der Waals surface area contributed by atoms with Crippen LogP contribution in [0.15, 0.2) is 6.33 Å². The molecular weight excluding hydrogens is 264 g/mol. The largest absolute Gasteiger partial charge is 0.395 e. The Labute approximate surface area is 124 Å². The number of hydrogen-bond donors (Lipinski definition) is 2. The minimum absolute atomic E-state index is 0.0328. The fourth-order valence-electron chi connectivity index (χ4n) is 3.61. The van der Waals surface area contributed by atoms with Gasteiger partial charge in [0.25, 0.3) is 0 Å². The fraction of sp³-hybridized carbons (Fsp3) is 0.625. The third-order valence-corrected chi connectivity index (χ3v) is 4.86. The molecule has 5 nitrogen and oxygen atoms in total. The molecule has 2 aromatic rings. The zero-order chi connectivity index (χ0) is 15.0. The maximum absolute atomic E-state index is 9.11. The first-order valence-electron chi connectivity index (χ1n) is 7.87. The zero-order valence-corrected chi connectivity index (χ0v) is 12.9. The van der Waals surface area contributed by atoms with Gasteiger partial charge in [-0.1, -0.05) is 19.3 Å². The van der Waals surface area contributed by atoms with Gasteiger partial charge in [0.15, 0.2) is 0 Å². The summed E-state index contributed by atoms with van der Waals surface area (Å²) in [5.74, 6) is 0. The number of fused-ring (bicyclic) bond motifs is 1. The van der Waals surface area contributed by atoms with Crippen molar-refractivity contribution in [2.75, 3.05) is 6.61 Å². The first-order valence-corrected chi connectivity index (χ1v) is 7.87. The Bertz CT molecular complexity index is 707. The second-order valence-corrected chi connectivity index (χ2v) is 6.08. The SMILES string of the molecule is Cc1c(C)n(C2CCCCC2)c2ncn(CCO)c(=N)c12. The Hall–Kier alpha value is -1.62. The molecule has 0 spiro atoms. The average molecular weight is 288 g/mol. The molecule has 1 aliphatic rings. The first kappa shape index (κ1) is 14.3. The normalized spacial score (nSPS) is 16.7. The highest BCUT2D eigenvalue weighted by Crippen LogP contribution is 2.33. The molecule has 0 atom stereocenters. The molecule has 114 valence electrons. The van der Waals surface area contributed by atoms with Crippen LogP contribution < -0.4 is 5.49 Å². The summed E-state index contributed by atoms with van der Waals surface area (Å²) in [6.07, 6.45) is 8.03. The summed E-state index contributed by atoms with van der Waals surface area (Å²) in [4.78, 5) is 4.61. The highest BCUT2D eigenvalue weighted by atomic mass is 16.3. The van der Waals surface area contributed by atoms with Gasteiger partial charge in [-0.25, -0.2) is 4.98 Å². The Kier molecular flexibility index (Phi) is 3.85. The smallest absolute Gasteiger partial charge is 0.146 e. The van der Waals surface area contributed by atoms with Crippen molar-refractivity contribution in [2.45, 2.75) is 58.5 Å². The Morgan fingerprint density at radius 3 is 2.67 bits per heavy atom. The molecular formula is C16H24N4O. The van der Waals surface area contributed by atoms with Crippen LogP contribution >= 0.6 is 0 Å². The van der Waals surface area contributed by atoms with Crippen molar-refractivity contribution in [3.05, 3.63) is 23.1 Å².